The molecule has 0 bridgehead atoms. The number of aryl methyl sites for hydroxylation is 1. The second-order valence-corrected chi connectivity index (χ2v) is 6.40. The molecule has 0 radical (unpaired) electrons. The summed E-state index contributed by atoms with van der Waals surface area (Å²) in [5.74, 6) is 1.56. The number of anilines is 1. The van der Waals surface area contributed by atoms with Crippen LogP contribution in [-0.4, -0.2) is 27.6 Å². The predicted octanol–water partition coefficient (Wildman–Crippen LogP) is 4.25. The van der Waals surface area contributed by atoms with E-state index in [4.69, 9.17) is 9.26 Å². The van der Waals surface area contributed by atoms with Crippen LogP contribution in [0.2, 0.25) is 0 Å². The monoisotopic (exact) mass is 388 g/mol. The molecule has 4 rings (SSSR count). The number of fused-ring (bicyclic) bond motifs is 1. The van der Waals surface area contributed by atoms with E-state index in [1.54, 1.807) is 6.20 Å². The molecule has 0 aliphatic heterocycles. The van der Waals surface area contributed by atoms with Crippen molar-refractivity contribution in [2.75, 3.05) is 11.9 Å². The number of hydrogen-bond acceptors (Lipinski definition) is 6. The largest absolute Gasteiger partial charge is 0.494 e. The number of amides is 1. The minimum atomic E-state index is -0.135. The number of carbonyl (C=O) groups is 1. The van der Waals surface area contributed by atoms with Gasteiger partial charge in [-0.15, -0.1) is 0 Å². The van der Waals surface area contributed by atoms with E-state index in [0.717, 1.165) is 22.2 Å². The maximum atomic E-state index is 12.4. The Morgan fingerprint density at radius 3 is 2.76 bits per heavy atom. The van der Waals surface area contributed by atoms with Gasteiger partial charge in [0.05, 0.1) is 17.8 Å². The van der Waals surface area contributed by atoms with Gasteiger partial charge in [0.1, 0.15) is 5.75 Å². The van der Waals surface area contributed by atoms with E-state index < -0.39 is 0 Å². The van der Waals surface area contributed by atoms with Crippen molar-refractivity contribution in [2.45, 2.75) is 19.8 Å². The number of benzene rings is 2. The highest BCUT2D eigenvalue weighted by Gasteiger charge is 2.12. The molecular formula is C22H20N4O3. The van der Waals surface area contributed by atoms with Gasteiger partial charge in [0.15, 0.2) is 0 Å². The zero-order valence-electron chi connectivity index (χ0n) is 16.0. The van der Waals surface area contributed by atoms with E-state index in [9.17, 15) is 4.79 Å². The fraction of sp³-hybridized carbons (Fsp3) is 0.182. The molecule has 0 fully saturated rings. The van der Waals surface area contributed by atoms with Gasteiger partial charge in [-0.2, -0.15) is 4.98 Å². The zero-order chi connectivity index (χ0) is 20.1. The smallest absolute Gasteiger partial charge is 0.227 e. The molecule has 0 saturated carbocycles. The second kappa shape index (κ2) is 8.52. The highest BCUT2D eigenvalue weighted by atomic mass is 16.5. The van der Waals surface area contributed by atoms with Crippen molar-refractivity contribution in [1.82, 2.24) is 15.1 Å². The summed E-state index contributed by atoms with van der Waals surface area (Å²) < 4.78 is 10.7. The van der Waals surface area contributed by atoms with Crippen molar-refractivity contribution >= 4 is 22.5 Å². The number of ether oxygens (including phenoxy) is 1. The Kier molecular flexibility index (Phi) is 5.47. The van der Waals surface area contributed by atoms with Gasteiger partial charge >= 0.3 is 0 Å². The van der Waals surface area contributed by atoms with E-state index in [1.807, 2.05) is 61.5 Å². The average molecular weight is 388 g/mol. The molecule has 0 aliphatic rings. The Bertz CT molecular complexity index is 1120. The molecule has 2 aromatic heterocycles. The van der Waals surface area contributed by atoms with Crippen molar-refractivity contribution in [3.63, 3.8) is 0 Å². The van der Waals surface area contributed by atoms with Crippen LogP contribution in [0.4, 0.5) is 5.69 Å². The number of nitrogens with one attached hydrogen (secondary N) is 1. The van der Waals surface area contributed by atoms with Crippen molar-refractivity contribution < 1.29 is 14.1 Å². The van der Waals surface area contributed by atoms with Crippen LogP contribution in [0.1, 0.15) is 19.2 Å². The van der Waals surface area contributed by atoms with Crippen LogP contribution < -0.4 is 10.1 Å². The summed E-state index contributed by atoms with van der Waals surface area (Å²) >= 11 is 0. The van der Waals surface area contributed by atoms with Gasteiger partial charge in [-0.05, 0) is 43.3 Å². The molecule has 1 amide bonds. The Hall–Kier alpha value is -3.74. The first-order valence-corrected chi connectivity index (χ1v) is 9.42. The summed E-state index contributed by atoms with van der Waals surface area (Å²) in [5, 5.41) is 7.88. The maximum Gasteiger partial charge on any atom is 0.227 e. The Balaban J connectivity index is 1.37. The van der Waals surface area contributed by atoms with Gasteiger partial charge in [0.2, 0.25) is 17.6 Å². The van der Waals surface area contributed by atoms with E-state index in [1.165, 1.54) is 0 Å². The lowest BCUT2D eigenvalue weighted by Crippen LogP contribution is -2.13. The highest BCUT2D eigenvalue weighted by Crippen LogP contribution is 2.22. The van der Waals surface area contributed by atoms with Crippen molar-refractivity contribution in [3.8, 4) is 17.1 Å². The predicted molar refractivity (Wildman–Crippen MR) is 110 cm³/mol. The molecule has 0 saturated heterocycles. The molecule has 29 heavy (non-hydrogen) atoms. The Morgan fingerprint density at radius 2 is 1.93 bits per heavy atom. The standard InChI is InChI=1S/C22H20N4O3/c1-2-28-17-10-8-16(9-11-17)22-25-20(29-26-22)13-12-19(27)24-18-7-3-5-15-6-4-14-23-21(15)18/h3-11,14H,2,12-13H2,1H3,(H,24,27). The molecule has 0 atom stereocenters. The quantitative estimate of drug-likeness (QED) is 0.509. The third-order valence-corrected chi connectivity index (χ3v) is 4.36. The summed E-state index contributed by atoms with van der Waals surface area (Å²) in [6, 6.07) is 17.0. The van der Waals surface area contributed by atoms with E-state index >= 15 is 0 Å². The van der Waals surface area contributed by atoms with Crippen LogP contribution in [0.3, 0.4) is 0 Å². The van der Waals surface area contributed by atoms with E-state index in [0.29, 0.717) is 30.4 Å². The van der Waals surface area contributed by atoms with Crippen LogP contribution in [0.15, 0.2) is 65.3 Å². The number of carbonyl (C=O) groups excluding carboxylic acids is 1. The lowest BCUT2D eigenvalue weighted by Gasteiger charge is -2.07. The zero-order valence-corrected chi connectivity index (χ0v) is 16.0. The van der Waals surface area contributed by atoms with E-state index in [2.05, 4.69) is 20.4 Å². The lowest BCUT2D eigenvalue weighted by molar-refractivity contribution is -0.116. The van der Waals surface area contributed by atoms with Crippen LogP contribution >= 0.6 is 0 Å². The molecule has 2 heterocycles. The third-order valence-electron chi connectivity index (χ3n) is 4.36. The van der Waals surface area contributed by atoms with Crippen molar-refractivity contribution in [2.24, 2.45) is 0 Å². The molecule has 0 spiro atoms. The van der Waals surface area contributed by atoms with Crippen LogP contribution in [0, 0.1) is 0 Å². The first kappa shape index (κ1) is 18.6. The summed E-state index contributed by atoms with van der Waals surface area (Å²) in [7, 11) is 0. The van der Waals surface area contributed by atoms with Crippen molar-refractivity contribution in [3.05, 3.63) is 66.7 Å². The van der Waals surface area contributed by atoms with Gasteiger partial charge in [0, 0.05) is 30.0 Å². The highest BCUT2D eigenvalue weighted by molar-refractivity contribution is 6.00. The third kappa shape index (κ3) is 4.40. The fourth-order valence-electron chi connectivity index (χ4n) is 2.98. The Morgan fingerprint density at radius 1 is 1.10 bits per heavy atom. The number of nitrogens with zero attached hydrogens (tertiary/aromatic N) is 3. The molecular weight excluding hydrogens is 368 g/mol. The van der Waals surface area contributed by atoms with Crippen molar-refractivity contribution in [1.29, 1.82) is 0 Å². The number of aromatic nitrogens is 3. The maximum absolute atomic E-state index is 12.4. The fourth-order valence-corrected chi connectivity index (χ4v) is 2.98. The molecule has 2 aromatic carbocycles. The molecule has 1 N–H and O–H groups in total. The number of para-hydroxylation sites is 1. The summed E-state index contributed by atoms with van der Waals surface area (Å²) in [6.45, 7) is 2.55. The number of hydrogen-bond donors (Lipinski definition) is 1. The normalized spacial score (nSPS) is 10.8. The van der Waals surface area contributed by atoms with Gasteiger partial charge in [-0.25, -0.2) is 0 Å². The van der Waals surface area contributed by atoms with Gasteiger partial charge < -0.3 is 14.6 Å². The van der Waals surface area contributed by atoms with Gasteiger partial charge in [0.25, 0.3) is 0 Å². The first-order chi connectivity index (χ1) is 14.2. The topological polar surface area (TPSA) is 90.1 Å². The molecule has 4 aromatic rings. The summed E-state index contributed by atoms with van der Waals surface area (Å²) in [4.78, 5) is 21.1. The lowest BCUT2D eigenvalue weighted by atomic mass is 10.2. The number of pyridine rings is 1. The summed E-state index contributed by atoms with van der Waals surface area (Å²) in [5.41, 5.74) is 2.28. The minimum absolute atomic E-state index is 0.135. The summed E-state index contributed by atoms with van der Waals surface area (Å²) in [6.07, 6.45) is 2.29. The van der Waals surface area contributed by atoms with Crippen LogP contribution in [-0.2, 0) is 11.2 Å². The second-order valence-electron chi connectivity index (χ2n) is 6.40. The molecule has 146 valence electrons. The molecule has 0 aliphatic carbocycles. The van der Waals surface area contributed by atoms with Crippen LogP contribution in [0.5, 0.6) is 5.75 Å². The van der Waals surface area contributed by atoms with Gasteiger partial charge in [-0.3, -0.25) is 9.78 Å². The SMILES string of the molecule is CCOc1ccc(-c2noc(CCC(=O)Nc3cccc4cccnc34)n2)cc1. The van der Waals surface area contributed by atoms with Gasteiger partial charge in [-0.1, -0.05) is 23.4 Å². The Labute approximate surface area is 167 Å². The molecule has 0 unspecified atom stereocenters. The first-order valence-electron chi connectivity index (χ1n) is 9.42. The molecule has 7 nitrogen and oxygen atoms in total. The number of rotatable bonds is 7. The van der Waals surface area contributed by atoms with Crippen LogP contribution in [0.25, 0.3) is 22.3 Å². The van der Waals surface area contributed by atoms with E-state index in [-0.39, 0.29) is 12.3 Å². The molecule has 7 heteroatoms. The average Bonchev–Trinajstić information content (AvgIpc) is 3.22. The minimum Gasteiger partial charge on any atom is -0.494 e.